The Labute approximate surface area is 176 Å². The molecule has 2 saturated heterocycles. The normalized spacial score (nSPS) is 26.3. The molecular weight excluding hydrogens is 380 g/mol. The first kappa shape index (κ1) is 19.0. The van der Waals surface area contributed by atoms with Crippen molar-refractivity contribution in [3.05, 3.63) is 42.2 Å². The minimum absolute atomic E-state index is 0.182. The Morgan fingerprint density at radius 2 is 1.90 bits per heavy atom. The Morgan fingerprint density at radius 3 is 2.53 bits per heavy atom. The Hall–Kier alpha value is -2.94. The van der Waals surface area contributed by atoms with E-state index in [1.54, 1.807) is 17.1 Å². The van der Waals surface area contributed by atoms with E-state index in [0.29, 0.717) is 5.95 Å². The lowest BCUT2D eigenvalue weighted by Crippen LogP contribution is -2.34. The van der Waals surface area contributed by atoms with Crippen LogP contribution in [0.1, 0.15) is 25.2 Å². The van der Waals surface area contributed by atoms with Crippen molar-refractivity contribution < 1.29 is 4.52 Å². The average Bonchev–Trinajstić information content (AvgIpc) is 3.41. The van der Waals surface area contributed by atoms with E-state index in [1.165, 1.54) is 0 Å². The first-order chi connectivity index (χ1) is 14.3. The van der Waals surface area contributed by atoms with Crippen molar-refractivity contribution in [2.24, 2.45) is 17.9 Å². The van der Waals surface area contributed by atoms with Crippen LogP contribution in [0, 0.1) is 17.8 Å². The zero-order valence-electron chi connectivity index (χ0n) is 18.0. The molecule has 30 heavy (non-hydrogen) atoms. The quantitative estimate of drug-likeness (QED) is 0.689. The SMILES string of the molecule is Cc1cnc(Nc2cnn(C)c2)nc1N1C[C@]2(C)CN(Cc3ccno3)C[C@]2(C)C1. The van der Waals surface area contributed by atoms with Gasteiger partial charge in [0, 0.05) is 68.1 Å². The smallest absolute Gasteiger partial charge is 0.229 e. The highest BCUT2D eigenvalue weighted by Gasteiger charge is 2.57. The topological polar surface area (TPSA) is 88.1 Å². The molecule has 1 N–H and O–H groups in total. The molecule has 0 saturated carbocycles. The van der Waals surface area contributed by atoms with Gasteiger partial charge >= 0.3 is 0 Å². The summed E-state index contributed by atoms with van der Waals surface area (Å²) < 4.78 is 7.08. The zero-order chi connectivity index (χ0) is 20.9. The largest absolute Gasteiger partial charge is 0.360 e. The van der Waals surface area contributed by atoms with Crippen LogP contribution >= 0.6 is 0 Å². The molecule has 2 fully saturated rings. The fraction of sp³-hybridized carbons (Fsp3) is 0.524. The number of aromatic nitrogens is 5. The average molecular weight is 409 g/mol. The molecule has 0 amide bonds. The molecule has 158 valence electrons. The molecule has 0 aliphatic carbocycles. The summed E-state index contributed by atoms with van der Waals surface area (Å²) in [5.74, 6) is 2.54. The fourth-order valence-electron chi connectivity index (χ4n) is 5.04. The standard InChI is InChI=1S/C21H28N8O/c1-15-7-22-19(25-16-8-23-27(4)9-16)26-18(15)29-13-20(2)11-28(12-21(20,3)14-29)10-17-5-6-24-30-17/h5-9H,10-14H2,1-4H3,(H,22,25,26)/t20-,21+. The lowest BCUT2D eigenvalue weighted by Gasteiger charge is -2.30. The maximum absolute atomic E-state index is 5.32. The van der Waals surface area contributed by atoms with E-state index in [2.05, 4.69) is 51.1 Å². The van der Waals surface area contributed by atoms with Gasteiger partial charge in [-0.1, -0.05) is 19.0 Å². The second-order valence-electron chi connectivity index (χ2n) is 9.33. The number of anilines is 3. The summed E-state index contributed by atoms with van der Waals surface area (Å²) in [7, 11) is 1.89. The molecule has 2 atom stereocenters. The number of aryl methyl sites for hydroxylation is 2. The first-order valence-electron chi connectivity index (χ1n) is 10.3. The summed E-state index contributed by atoms with van der Waals surface area (Å²) >= 11 is 0. The third-order valence-electron chi connectivity index (χ3n) is 6.76. The van der Waals surface area contributed by atoms with Crippen molar-refractivity contribution in [1.29, 1.82) is 0 Å². The van der Waals surface area contributed by atoms with Gasteiger partial charge in [0.1, 0.15) is 5.82 Å². The first-order valence-corrected chi connectivity index (χ1v) is 10.3. The minimum atomic E-state index is 0.182. The van der Waals surface area contributed by atoms with Crippen LogP contribution in [0.2, 0.25) is 0 Å². The number of hydrogen-bond donors (Lipinski definition) is 1. The molecule has 0 bridgehead atoms. The summed E-state index contributed by atoms with van der Waals surface area (Å²) in [6.07, 6.45) is 7.30. The zero-order valence-corrected chi connectivity index (χ0v) is 18.0. The van der Waals surface area contributed by atoms with Crippen LogP contribution < -0.4 is 10.2 Å². The van der Waals surface area contributed by atoms with E-state index < -0.39 is 0 Å². The molecule has 0 radical (unpaired) electrons. The predicted molar refractivity (Wildman–Crippen MR) is 113 cm³/mol. The maximum atomic E-state index is 5.32. The van der Waals surface area contributed by atoms with Crippen LogP contribution in [-0.4, -0.2) is 56.0 Å². The van der Waals surface area contributed by atoms with Crippen LogP contribution in [-0.2, 0) is 13.6 Å². The Morgan fingerprint density at radius 1 is 1.13 bits per heavy atom. The summed E-state index contributed by atoms with van der Waals surface area (Å²) in [5.41, 5.74) is 2.34. The molecule has 0 unspecified atom stereocenters. The summed E-state index contributed by atoms with van der Waals surface area (Å²) in [6.45, 7) is 11.7. The van der Waals surface area contributed by atoms with Crippen molar-refractivity contribution in [2.45, 2.75) is 27.3 Å². The van der Waals surface area contributed by atoms with Gasteiger partial charge in [0.05, 0.1) is 24.6 Å². The molecule has 9 heteroatoms. The third-order valence-corrected chi connectivity index (χ3v) is 6.76. The predicted octanol–water partition coefficient (Wildman–Crippen LogP) is 2.60. The molecular formula is C21H28N8O. The van der Waals surface area contributed by atoms with Crippen LogP contribution in [0.5, 0.6) is 0 Å². The van der Waals surface area contributed by atoms with Crippen molar-refractivity contribution in [3.8, 4) is 0 Å². The summed E-state index contributed by atoms with van der Waals surface area (Å²) in [5, 5.41) is 11.3. The monoisotopic (exact) mass is 408 g/mol. The van der Waals surface area contributed by atoms with Crippen LogP contribution in [0.15, 0.2) is 35.4 Å². The molecule has 9 nitrogen and oxygen atoms in total. The van der Waals surface area contributed by atoms with Gasteiger partial charge in [-0.15, -0.1) is 0 Å². The van der Waals surface area contributed by atoms with Gasteiger partial charge in [0.2, 0.25) is 5.95 Å². The van der Waals surface area contributed by atoms with Gasteiger partial charge in [-0.3, -0.25) is 9.58 Å². The van der Waals surface area contributed by atoms with Gasteiger partial charge in [-0.2, -0.15) is 10.1 Å². The van der Waals surface area contributed by atoms with Crippen molar-refractivity contribution in [3.63, 3.8) is 0 Å². The number of rotatable bonds is 5. The van der Waals surface area contributed by atoms with Gasteiger partial charge in [-0.25, -0.2) is 4.98 Å². The molecule has 3 aromatic heterocycles. The third kappa shape index (κ3) is 3.23. The molecule has 5 rings (SSSR count). The molecule has 5 heterocycles. The Balaban J connectivity index is 1.34. The fourth-order valence-corrected chi connectivity index (χ4v) is 5.04. The molecule has 2 aliphatic rings. The summed E-state index contributed by atoms with van der Waals surface area (Å²) in [6, 6.07) is 1.95. The Bertz CT molecular complexity index is 1030. The van der Waals surface area contributed by atoms with E-state index in [4.69, 9.17) is 9.51 Å². The summed E-state index contributed by atoms with van der Waals surface area (Å²) in [4.78, 5) is 14.2. The van der Waals surface area contributed by atoms with Gasteiger partial charge in [-0.05, 0) is 6.92 Å². The minimum Gasteiger partial charge on any atom is -0.360 e. The van der Waals surface area contributed by atoms with E-state index in [-0.39, 0.29) is 10.8 Å². The number of fused-ring (bicyclic) bond motifs is 1. The van der Waals surface area contributed by atoms with Crippen molar-refractivity contribution in [1.82, 2.24) is 29.8 Å². The highest BCUT2D eigenvalue weighted by molar-refractivity contribution is 5.56. The number of nitrogens with one attached hydrogen (secondary N) is 1. The van der Waals surface area contributed by atoms with Crippen molar-refractivity contribution in [2.75, 3.05) is 36.4 Å². The van der Waals surface area contributed by atoms with Gasteiger partial charge in [0.25, 0.3) is 0 Å². The molecule has 0 spiro atoms. The van der Waals surface area contributed by atoms with Crippen LogP contribution in [0.3, 0.4) is 0 Å². The lowest BCUT2D eigenvalue weighted by molar-refractivity contribution is 0.212. The molecule has 0 aromatic carbocycles. The van der Waals surface area contributed by atoms with E-state index in [9.17, 15) is 0 Å². The second kappa shape index (κ2) is 6.80. The van der Waals surface area contributed by atoms with E-state index in [0.717, 1.165) is 55.6 Å². The van der Waals surface area contributed by atoms with Gasteiger partial charge < -0.3 is 14.7 Å². The number of nitrogens with zero attached hydrogens (tertiary/aromatic N) is 7. The van der Waals surface area contributed by atoms with E-state index >= 15 is 0 Å². The lowest BCUT2D eigenvalue weighted by atomic mass is 9.71. The van der Waals surface area contributed by atoms with Crippen LogP contribution in [0.4, 0.5) is 17.5 Å². The van der Waals surface area contributed by atoms with Gasteiger partial charge in [0.15, 0.2) is 5.76 Å². The maximum Gasteiger partial charge on any atom is 0.229 e. The highest BCUT2D eigenvalue weighted by Crippen LogP contribution is 2.52. The molecule has 2 aliphatic heterocycles. The second-order valence-corrected chi connectivity index (χ2v) is 9.33. The van der Waals surface area contributed by atoms with E-state index in [1.807, 2.05) is 25.5 Å². The van der Waals surface area contributed by atoms with Crippen molar-refractivity contribution >= 4 is 17.5 Å². The number of hydrogen-bond acceptors (Lipinski definition) is 8. The highest BCUT2D eigenvalue weighted by atomic mass is 16.5. The molecule has 3 aromatic rings. The van der Waals surface area contributed by atoms with Crippen LogP contribution in [0.25, 0.3) is 0 Å². The number of likely N-dealkylation sites (tertiary alicyclic amines) is 1. The Kier molecular flexibility index (Phi) is 4.32.